The molecule has 32 heavy (non-hydrogen) atoms. The summed E-state index contributed by atoms with van der Waals surface area (Å²) in [6, 6.07) is 26.5. The van der Waals surface area contributed by atoms with Crippen molar-refractivity contribution in [2.24, 2.45) is 0 Å². The van der Waals surface area contributed by atoms with Crippen molar-refractivity contribution in [2.75, 3.05) is 13.1 Å². The van der Waals surface area contributed by atoms with Gasteiger partial charge in [0.2, 0.25) is 5.91 Å². The van der Waals surface area contributed by atoms with Crippen LogP contribution in [0.3, 0.4) is 0 Å². The van der Waals surface area contributed by atoms with E-state index in [0.29, 0.717) is 30.6 Å². The third-order valence-electron chi connectivity index (χ3n) is 5.85. The van der Waals surface area contributed by atoms with Crippen LogP contribution in [0, 0.1) is 0 Å². The number of rotatable bonds is 6. The largest absolute Gasteiger partial charge is 0.332 e. The molecule has 0 aliphatic carbocycles. The van der Waals surface area contributed by atoms with Crippen LogP contribution in [0.25, 0.3) is 0 Å². The Labute approximate surface area is 188 Å². The average molecular weight is 427 g/mol. The molecule has 0 unspecified atom stereocenters. The first-order chi connectivity index (χ1) is 15.5. The normalized spacial score (nSPS) is 16.2. The fraction of sp³-hybridized carbons (Fsp3) is 0.222. The van der Waals surface area contributed by atoms with Crippen LogP contribution in [0.4, 0.5) is 0 Å². The van der Waals surface area contributed by atoms with Gasteiger partial charge in [0, 0.05) is 24.2 Å². The van der Waals surface area contributed by atoms with Crippen LogP contribution in [-0.2, 0) is 17.8 Å². The summed E-state index contributed by atoms with van der Waals surface area (Å²) in [5.41, 5.74) is 3.24. The lowest BCUT2D eigenvalue weighted by atomic mass is 10.00. The first-order valence-corrected chi connectivity index (χ1v) is 10.8. The molecule has 0 aromatic heterocycles. The maximum atomic E-state index is 13.2. The number of amides is 2. The Morgan fingerprint density at radius 3 is 1.97 bits per heavy atom. The van der Waals surface area contributed by atoms with Gasteiger partial charge in [-0.25, -0.2) is 0 Å². The summed E-state index contributed by atoms with van der Waals surface area (Å²) >= 11 is 0. The second kappa shape index (κ2) is 9.60. The van der Waals surface area contributed by atoms with Gasteiger partial charge >= 0.3 is 0 Å². The number of hydrogen-bond acceptors (Lipinski definition) is 3. The molecular formula is C27H26N2O3. The van der Waals surface area contributed by atoms with Crippen LogP contribution in [0.5, 0.6) is 0 Å². The van der Waals surface area contributed by atoms with Crippen molar-refractivity contribution in [3.8, 4) is 0 Å². The standard InChI is InChI=1S/C27H26N2O3/c1-20(30)23-12-14-24(15-13-23)27(32)28-18-25(16-21-8-4-2-5-9-21)29(26(31)19-28)17-22-10-6-3-7-11-22/h2-15,25H,16-19H2,1H3/t25-/m0/s1. The van der Waals surface area contributed by atoms with Crippen LogP contribution in [0.2, 0.25) is 0 Å². The number of nitrogens with zero attached hydrogens (tertiary/aromatic N) is 2. The van der Waals surface area contributed by atoms with E-state index in [-0.39, 0.29) is 30.2 Å². The summed E-state index contributed by atoms with van der Waals surface area (Å²) < 4.78 is 0. The van der Waals surface area contributed by atoms with Gasteiger partial charge < -0.3 is 9.80 Å². The molecule has 0 saturated carbocycles. The average Bonchev–Trinajstić information content (AvgIpc) is 2.82. The molecule has 3 aromatic rings. The molecule has 4 rings (SSSR count). The van der Waals surface area contributed by atoms with Crippen LogP contribution in [0.1, 0.15) is 38.8 Å². The molecule has 1 atom stereocenters. The molecule has 2 amide bonds. The van der Waals surface area contributed by atoms with Gasteiger partial charge in [-0.2, -0.15) is 0 Å². The molecule has 5 heteroatoms. The molecule has 0 bridgehead atoms. The van der Waals surface area contributed by atoms with Crippen LogP contribution in [0.15, 0.2) is 84.9 Å². The zero-order valence-corrected chi connectivity index (χ0v) is 18.1. The predicted molar refractivity (Wildman–Crippen MR) is 123 cm³/mol. The SMILES string of the molecule is CC(=O)c1ccc(C(=O)N2CC(=O)N(Cc3ccccc3)[C@@H](Cc3ccccc3)C2)cc1. The topological polar surface area (TPSA) is 57.7 Å². The lowest BCUT2D eigenvalue weighted by molar-refractivity contribution is -0.139. The third-order valence-corrected chi connectivity index (χ3v) is 5.85. The monoisotopic (exact) mass is 426 g/mol. The molecule has 5 nitrogen and oxygen atoms in total. The van der Waals surface area contributed by atoms with Gasteiger partial charge in [0.15, 0.2) is 5.78 Å². The number of carbonyl (C=O) groups excluding carboxylic acids is 3. The van der Waals surface area contributed by atoms with E-state index in [0.717, 1.165) is 11.1 Å². The number of Topliss-reactive ketones (excluding diaryl/α,β-unsaturated/α-hetero) is 1. The zero-order valence-electron chi connectivity index (χ0n) is 18.1. The van der Waals surface area contributed by atoms with Gasteiger partial charge in [-0.1, -0.05) is 72.8 Å². The minimum Gasteiger partial charge on any atom is -0.332 e. The Morgan fingerprint density at radius 2 is 1.38 bits per heavy atom. The summed E-state index contributed by atoms with van der Waals surface area (Å²) in [5.74, 6) is -0.294. The highest BCUT2D eigenvalue weighted by molar-refractivity contribution is 5.99. The highest BCUT2D eigenvalue weighted by Crippen LogP contribution is 2.21. The van der Waals surface area contributed by atoms with Crippen molar-refractivity contribution in [3.05, 3.63) is 107 Å². The first-order valence-electron chi connectivity index (χ1n) is 10.8. The summed E-state index contributed by atoms with van der Waals surface area (Å²) in [5, 5.41) is 0. The smallest absolute Gasteiger partial charge is 0.254 e. The Morgan fingerprint density at radius 1 is 0.812 bits per heavy atom. The van der Waals surface area contributed by atoms with Crippen molar-refractivity contribution in [2.45, 2.75) is 25.9 Å². The highest BCUT2D eigenvalue weighted by Gasteiger charge is 2.35. The third kappa shape index (κ3) is 4.94. The Kier molecular flexibility index (Phi) is 6.45. The Hall–Kier alpha value is -3.73. The minimum atomic E-state index is -0.189. The minimum absolute atomic E-state index is 0.0448. The number of piperazine rings is 1. The second-order valence-corrected chi connectivity index (χ2v) is 8.17. The molecular weight excluding hydrogens is 400 g/mol. The van der Waals surface area contributed by atoms with Crippen LogP contribution >= 0.6 is 0 Å². The fourth-order valence-corrected chi connectivity index (χ4v) is 4.12. The lowest BCUT2D eigenvalue weighted by Crippen LogP contribution is -2.58. The number of carbonyl (C=O) groups is 3. The van der Waals surface area contributed by atoms with E-state index in [9.17, 15) is 14.4 Å². The maximum Gasteiger partial charge on any atom is 0.254 e. The Balaban J connectivity index is 1.56. The van der Waals surface area contributed by atoms with E-state index in [1.807, 2.05) is 65.6 Å². The molecule has 3 aromatic carbocycles. The number of ketones is 1. The highest BCUT2D eigenvalue weighted by atomic mass is 16.2. The maximum absolute atomic E-state index is 13.2. The predicted octanol–water partition coefficient (Wildman–Crippen LogP) is 3.99. The van der Waals surface area contributed by atoms with Crippen molar-refractivity contribution in [3.63, 3.8) is 0 Å². The van der Waals surface area contributed by atoms with Gasteiger partial charge in [0.1, 0.15) is 6.54 Å². The van der Waals surface area contributed by atoms with E-state index < -0.39 is 0 Å². The molecule has 1 heterocycles. The van der Waals surface area contributed by atoms with Crippen molar-refractivity contribution in [1.82, 2.24) is 9.80 Å². The van der Waals surface area contributed by atoms with E-state index in [4.69, 9.17) is 0 Å². The van der Waals surface area contributed by atoms with Gasteiger partial charge in [-0.05, 0) is 36.6 Å². The first kappa shape index (κ1) is 21.5. The summed E-state index contributed by atoms with van der Waals surface area (Å²) in [6.45, 7) is 2.52. The van der Waals surface area contributed by atoms with Gasteiger partial charge in [0.25, 0.3) is 5.91 Å². The van der Waals surface area contributed by atoms with Gasteiger partial charge in [-0.15, -0.1) is 0 Å². The van der Waals surface area contributed by atoms with Crippen LogP contribution < -0.4 is 0 Å². The molecule has 162 valence electrons. The summed E-state index contributed by atoms with van der Waals surface area (Å²) in [6.07, 6.45) is 0.673. The molecule has 0 N–H and O–H groups in total. The summed E-state index contributed by atoms with van der Waals surface area (Å²) in [7, 11) is 0. The van der Waals surface area contributed by atoms with E-state index in [1.165, 1.54) is 6.92 Å². The van der Waals surface area contributed by atoms with Crippen LogP contribution in [-0.4, -0.2) is 46.5 Å². The van der Waals surface area contributed by atoms with Gasteiger partial charge in [0.05, 0.1) is 6.04 Å². The quantitative estimate of drug-likeness (QED) is 0.560. The molecule has 0 spiro atoms. The summed E-state index contributed by atoms with van der Waals surface area (Å²) in [4.78, 5) is 41.4. The molecule has 1 saturated heterocycles. The second-order valence-electron chi connectivity index (χ2n) is 8.17. The lowest BCUT2D eigenvalue weighted by Gasteiger charge is -2.41. The fourth-order valence-electron chi connectivity index (χ4n) is 4.12. The Bertz CT molecular complexity index is 1090. The van der Waals surface area contributed by atoms with Crippen molar-refractivity contribution in [1.29, 1.82) is 0 Å². The number of benzene rings is 3. The molecule has 1 fully saturated rings. The molecule has 1 aliphatic rings. The van der Waals surface area contributed by atoms with E-state index in [1.54, 1.807) is 29.2 Å². The molecule has 1 aliphatic heterocycles. The van der Waals surface area contributed by atoms with Gasteiger partial charge in [-0.3, -0.25) is 14.4 Å². The zero-order chi connectivity index (χ0) is 22.5. The van der Waals surface area contributed by atoms with Crippen molar-refractivity contribution < 1.29 is 14.4 Å². The van der Waals surface area contributed by atoms with E-state index in [2.05, 4.69) is 0 Å². The van der Waals surface area contributed by atoms with E-state index >= 15 is 0 Å². The molecule has 0 radical (unpaired) electrons. The van der Waals surface area contributed by atoms with Crippen molar-refractivity contribution >= 4 is 17.6 Å². The number of hydrogen-bond donors (Lipinski definition) is 0.